The molecule has 3 aliphatic heterocycles. The summed E-state index contributed by atoms with van der Waals surface area (Å²) in [4.78, 5) is 22.2. The van der Waals surface area contributed by atoms with Gasteiger partial charge in [-0.15, -0.1) is 0 Å². The number of fused-ring (bicyclic) bond motifs is 2. The summed E-state index contributed by atoms with van der Waals surface area (Å²) < 4.78 is 8.31. The molecule has 0 N–H and O–H groups in total. The quantitative estimate of drug-likeness (QED) is 0.674. The molecule has 0 bridgehead atoms. The van der Waals surface area contributed by atoms with Crippen LogP contribution in [0.25, 0.3) is 5.65 Å². The molecule has 1 spiro atoms. The van der Waals surface area contributed by atoms with Crippen LogP contribution in [0.1, 0.15) is 37.3 Å². The van der Waals surface area contributed by atoms with Gasteiger partial charge in [0.25, 0.3) is 5.91 Å². The number of hydrogen-bond acceptors (Lipinski definition) is 5. The number of aromatic nitrogens is 3. The molecule has 1 amide bonds. The van der Waals surface area contributed by atoms with Crippen LogP contribution in [-0.2, 0) is 9.53 Å². The van der Waals surface area contributed by atoms with E-state index in [4.69, 9.17) is 4.74 Å². The van der Waals surface area contributed by atoms with Crippen LogP contribution in [0.2, 0.25) is 0 Å². The Labute approximate surface area is 168 Å². The summed E-state index contributed by atoms with van der Waals surface area (Å²) in [6, 6.07) is 14.4. The van der Waals surface area contributed by atoms with Gasteiger partial charge in [0.1, 0.15) is 12.0 Å². The lowest BCUT2D eigenvalue weighted by molar-refractivity contribution is -0.140. The van der Waals surface area contributed by atoms with Gasteiger partial charge in [-0.3, -0.25) is 4.79 Å². The molecule has 3 aliphatic rings. The first-order valence-electron chi connectivity index (χ1n) is 10.3. The Morgan fingerprint density at radius 3 is 2.66 bits per heavy atom. The fourth-order valence-corrected chi connectivity index (χ4v) is 5.21. The number of ether oxygens (including phenoxy) is 1. The summed E-state index contributed by atoms with van der Waals surface area (Å²) in [5.41, 5.74) is 1.37. The van der Waals surface area contributed by atoms with Gasteiger partial charge in [0.2, 0.25) is 0 Å². The summed E-state index contributed by atoms with van der Waals surface area (Å²) in [5.74, 6) is 1.19. The fourth-order valence-electron chi connectivity index (χ4n) is 5.21. The number of hydrogen-bond donors (Lipinski definition) is 0. The highest BCUT2D eigenvalue weighted by Gasteiger charge is 2.57. The van der Waals surface area contributed by atoms with Gasteiger partial charge in [0.05, 0.1) is 12.2 Å². The zero-order valence-corrected chi connectivity index (χ0v) is 16.1. The van der Waals surface area contributed by atoms with E-state index in [-0.39, 0.29) is 18.2 Å². The summed E-state index contributed by atoms with van der Waals surface area (Å²) in [5, 5.41) is 4.39. The molecule has 7 heteroatoms. The molecule has 0 saturated carbocycles. The molecule has 148 valence electrons. The van der Waals surface area contributed by atoms with Gasteiger partial charge in [0, 0.05) is 38.2 Å². The monoisotopic (exact) mass is 389 g/mol. The van der Waals surface area contributed by atoms with Crippen molar-refractivity contribution in [2.75, 3.05) is 18.0 Å². The smallest absolute Gasteiger partial charge is 0.257 e. The zero-order chi connectivity index (χ0) is 19.4. The van der Waals surface area contributed by atoms with E-state index in [0.29, 0.717) is 12.8 Å². The molecule has 3 fully saturated rings. The van der Waals surface area contributed by atoms with Gasteiger partial charge in [-0.1, -0.05) is 30.3 Å². The first kappa shape index (κ1) is 17.0. The number of anilines is 1. The molecule has 7 nitrogen and oxygen atoms in total. The van der Waals surface area contributed by atoms with Crippen molar-refractivity contribution in [3.8, 4) is 0 Å². The molecule has 3 saturated heterocycles. The third kappa shape index (κ3) is 2.50. The first-order chi connectivity index (χ1) is 14.3. The highest BCUT2D eigenvalue weighted by Crippen LogP contribution is 2.47. The molecule has 1 aromatic carbocycles. The fraction of sp³-hybridized carbons (Fsp3) is 0.409. The lowest BCUT2D eigenvalue weighted by Gasteiger charge is -2.38. The van der Waals surface area contributed by atoms with Crippen LogP contribution >= 0.6 is 0 Å². The number of carbonyl (C=O) groups is 1. The van der Waals surface area contributed by atoms with E-state index in [0.717, 1.165) is 37.4 Å². The number of carbonyl (C=O) groups excluding carboxylic acids is 1. The largest absolute Gasteiger partial charge is 0.356 e. The van der Waals surface area contributed by atoms with Crippen molar-refractivity contribution in [2.24, 2.45) is 0 Å². The van der Waals surface area contributed by atoms with Crippen LogP contribution in [0.4, 0.5) is 5.82 Å². The van der Waals surface area contributed by atoms with Gasteiger partial charge in [-0.25, -0.2) is 4.98 Å². The summed E-state index contributed by atoms with van der Waals surface area (Å²) in [7, 11) is 0. The van der Waals surface area contributed by atoms with Crippen LogP contribution in [0.3, 0.4) is 0 Å². The number of piperidine rings is 1. The predicted molar refractivity (Wildman–Crippen MR) is 107 cm³/mol. The van der Waals surface area contributed by atoms with Crippen LogP contribution in [-0.4, -0.2) is 50.3 Å². The third-order valence-corrected chi connectivity index (χ3v) is 6.67. The van der Waals surface area contributed by atoms with Crippen molar-refractivity contribution in [2.45, 2.75) is 43.6 Å². The van der Waals surface area contributed by atoms with Crippen LogP contribution < -0.4 is 4.90 Å². The topological polar surface area (TPSA) is 63.0 Å². The van der Waals surface area contributed by atoms with Crippen molar-refractivity contribution in [3.63, 3.8) is 0 Å². The highest BCUT2D eigenvalue weighted by molar-refractivity contribution is 5.88. The van der Waals surface area contributed by atoms with Crippen molar-refractivity contribution in [1.29, 1.82) is 0 Å². The first-order valence-corrected chi connectivity index (χ1v) is 10.3. The van der Waals surface area contributed by atoms with Gasteiger partial charge in [0.15, 0.2) is 11.2 Å². The van der Waals surface area contributed by atoms with E-state index >= 15 is 0 Å². The second-order valence-corrected chi connectivity index (χ2v) is 8.17. The van der Waals surface area contributed by atoms with Crippen LogP contribution in [0.15, 0.2) is 54.9 Å². The van der Waals surface area contributed by atoms with E-state index in [9.17, 15) is 4.79 Å². The summed E-state index contributed by atoms with van der Waals surface area (Å²) >= 11 is 0. The molecule has 2 atom stereocenters. The predicted octanol–water partition coefficient (Wildman–Crippen LogP) is 2.79. The third-order valence-electron chi connectivity index (χ3n) is 6.67. The second kappa shape index (κ2) is 6.29. The minimum Gasteiger partial charge on any atom is -0.356 e. The highest BCUT2D eigenvalue weighted by atomic mass is 16.6. The molecule has 3 aromatic rings. The number of rotatable bonds is 2. The molecule has 0 radical (unpaired) electrons. The van der Waals surface area contributed by atoms with Gasteiger partial charge in [-0.2, -0.15) is 9.61 Å². The molecule has 5 heterocycles. The molecular weight excluding hydrogens is 366 g/mol. The summed E-state index contributed by atoms with van der Waals surface area (Å²) in [6.07, 6.45) is 6.77. The maximum absolute atomic E-state index is 13.5. The average Bonchev–Trinajstić information content (AvgIpc) is 3.46. The van der Waals surface area contributed by atoms with Gasteiger partial charge in [-0.05, 0) is 24.5 Å². The van der Waals surface area contributed by atoms with E-state index < -0.39 is 5.60 Å². The Hall–Kier alpha value is -2.93. The molecule has 6 rings (SSSR count). The van der Waals surface area contributed by atoms with E-state index in [1.165, 1.54) is 5.56 Å². The Bertz CT molecular complexity index is 1060. The Morgan fingerprint density at radius 1 is 1.00 bits per heavy atom. The number of amides is 1. The molecule has 2 aromatic heterocycles. The zero-order valence-electron chi connectivity index (χ0n) is 16.1. The standard InChI is InChI=1S/C22H23N5O2/c28-21-22(29-20-7-6-17(26(20)21)16-4-2-1-3-5-16)10-14-25(15-11-22)19-9-12-23-18-8-13-24-27(18)19/h1-5,8-9,12-13,17,20H,6-7,10-11,14-15H2. The van der Waals surface area contributed by atoms with E-state index in [1.807, 2.05) is 45.9 Å². The second-order valence-electron chi connectivity index (χ2n) is 8.17. The minimum absolute atomic E-state index is 0.0852. The lowest BCUT2D eigenvalue weighted by atomic mass is 9.89. The van der Waals surface area contributed by atoms with E-state index in [1.54, 1.807) is 6.20 Å². The van der Waals surface area contributed by atoms with Crippen molar-refractivity contribution in [1.82, 2.24) is 19.5 Å². The normalized spacial score (nSPS) is 25.9. The summed E-state index contributed by atoms with van der Waals surface area (Å²) in [6.45, 7) is 1.53. The maximum Gasteiger partial charge on any atom is 0.257 e. The molecule has 29 heavy (non-hydrogen) atoms. The van der Waals surface area contributed by atoms with Crippen LogP contribution in [0.5, 0.6) is 0 Å². The van der Waals surface area contributed by atoms with Crippen molar-refractivity contribution < 1.29 is 9.53 Å². The van der Waals surface area contributed by atoms with Gasteiger partial charge >= 0.3 is 0 Å². The lowest BCUT2D eigenvalue weighted by Crippen LogP contribution is -2.50. The number of nitrogens with zero attached hydrogens (tertiary/aromatic N) is 5. The van der Waals surface area contributed by atoms with Crippen molar-refractivity contribution >= 4 is 17.4 Å². The SMILES string of the molecule is O=C1N2C(CCC2c2ccccc2)OC12CCN(c1ccnc3ccnn13)CC2. The maximum atomic E-state index is 13.5. The molecule has 0 aliphatic carbocycles. The molecular formula is C22H23N5O2. The Balaban J connectivity index is 1.23. The molecule has 2 unspecified atom stereocenters. The minimum atomic E-state index is -0.676. The van der Waals surface area contributed by atoms with Gasteiger partial charge < -0.3 is 14.5 Å². The Morgan fingerprint density at radius 2 is 1.83 bits per heavy atom. The van der Waals surface area contributed by atoms with E-state index in [2.05, 4.69) is 27.1 Å². The number of benzene rings is 1. The van der Waals surface area contributed by atoms with Crippen LogP contribution in [0, 0.1) is 0 Å². The average molecular weight is 389 g/mol. The van der Waals surface area contributed by atoms with Crippen molar-refractivity contribution in [3.05, 3.63) is 60.4 Å². The Kier molecular flexibility index (Phi) is 3.68.